The van der Waals surface area contributed by atoms with E-state index >= 15 is 0 Å². The van der Waals surface area contributed by atoms with Gasteiger partial charge in [-0.25, -0.2) is 47.7 Å². The minimum atomic E-state index is -0.975. The minimum Gasteiger partial charge on any atom is -0.478 e. The van der Waals surface area contributed by atoms with Crippen LogP contribution in [0.25, 0.3) is 22.7 Å². The van der Waals surface area contributed by atoms with E-state index in [9.17, 15) is 62.6 Å². The second-order valence-corrected chi connectivity index (χ2v) is 31.8. The summed E-state index contributed by atoms with van der Waals surface area (Å²) < 4.78 is 21.9. The number of methoxy groups -OCH3 is 2. The Morgan fingerprint density at radius 3 is 1.16 bits per heavy atom. The molecule has 2 aliphatic rings. The number of esters is 3. The third kappa shape index (κ3) is 30.1. The van der Waals surface area contributed by atoms with Gasteiger partial charge in [0.1, 0.15) is 5.70 Å². The first-order valence-electron chi connectivity index (χ1n) is 44.9. The summed E-state index contributed by atoms with van der Waals surface area (Å²) >= 11 is 3.17. The van der Waals surface area contributed by atoms with Gasteiger partial charge < -0.3 is 62.5 Å². The maximum atomic E-state index is 12.7. The highest BCUT2D eigenvalue weighted by Gasteiger charge is 2.40. The fraction of sp³-hybridized carbons (Fsp3) is 0.208. The number of nitrogens with zero attached hydrogens (tertiary/aromatic N) is 14. The molecule has 7 aromatic heterocycles. The number of halogens is 1. The molecule has 758 valence electrons. The summed E-state index contributed by atoms with van der Waals surface area (Å²) in [6, 6.07) is 54.7. The predicted molar refractivity (Wildman–Crippen MR) is 548 cm³/mol. The maximum Gasteiger partial charge on any atom is 0.373 e. The molecule has 39 nitrogen and oxygen atoms in total. The van der Waals surface area contributed by atoms with Crippen molar-refractivity contribution in [3.05, 3.63) is 384 Å². The van der Waals surface area contributed by atoms with Crippen LogP contribution >= 0.6 is 15.9 Å². The molecule has 0 radical (unpaired) electrons. The SMILES string of the molecule is CC(=O)/C(=C\N(C)C)N1C(=O)c2ccccc2C1=O.CCO.CCOC(=O)c1ccc(-n2ncc(N3C(=O)c4ccccc4C3=O)c2C)cc1.CCc1ccc(CN)cc1.CN.CNC(=O)c1ccc(-n2ncc(Cc3cnccc3C(=O)O)c2C)cc1.CNC(=O)c1ccc(-n2ncc(Cc3cnccc3C(=O)OC)c2C)cc1.CNC(=O)c1ccc(-n2ncc(N)c2C)cc1.COC(=O)c1ccncc1Br.O=C=O. The van der Waals surface area contributed by atoms with Gasteiger partial charge in [-0.05, 0) is 244 Å². The molecule has 14 aromatic rings. The normalized spacial score (nSPS) is 11.0. The number of amides is 7. The van der Waals surface area contributed by atoms with Crippen LogP contribution in [0.15, 0.2) is 266 Å². The number of imide groups is 2. The average Bonchev–Trinajstić information content (AvgIpc) is 1.60. The summed E-state index contributed by atoms with van der Waals surface area (Å²) in [5, 5.41) is 42.0. The zero-order valence-electron chi connectivity index (χ0n) is 83.2. The zero-order valence-corrected chi connectivity index (χ0v) is 84.8. The second-order valence-electron chi connectivity index (χ2n) is 31.0. The van der Waals surface area contributed by atoms with E-state index in [2.05, 4.69) is 109 Å². The van der Waals surface area contributed by atoms with Crippen molar-refractivity contribution in [1.29, 1.82) is 0 Å². The first kappa shape index (κ1) is 115. The van der Waals surface area contributed by atoms with E-state index in [0.29, 0.717) is 114 Å². The van der Waals surface area contributed by atoms with E-state index in [1.165, 1.54) is 70.2 Å². The number of aromatic nitrogens is 11. The van der Waals surface area contributed by atoms with Gasteiger partial charge in [0, 0.05) is 140 Å². The summed E-state index contributed by atoms with van der Waals surface area (Å²) in [4.78, 5) is 174. The maximum absolute atomic E-state index is 12.7. The number of ketones is 1. The first-order valence-corrected chi connectivity index (χ1v) is 45.7. The molecule has 0 bridgehead atoms. The molecule has 0 saturated heterocycles. The molecular weight excluding hydrogens is 1940 g/mol. The Morgan fingerprint density at radius 2 is 0.808 bits per heavy atom. The third-order valence-corrected chi connectivity index (χ3v) is 22.2. The number of pyridine rings is 3. The number of benzene rings is 7. The first-order chi connectivity index (χ1) is 70.1. The number of aryl methyl sites for hydroxylation is 1. The van der Waals surface area contributed by atoms with Crippen molar-refractivity contribution >= 4 is 104 Å². The monoisotopic (exact) mass is 2050 g/mol. The number of anilines is 2. The van der Waals surface area contributed by atoms with Crippen molar-refractivity contribution < 1.29 is 91.5 Å². The molecule has 7 aromatic carbocycles. The molecule has 0 saturated carbocycles. The standard InChI is InChI=1S/C21H17N3O4.C20H20N4O3.C19H18N4O3.C14H14N2O3.C12H14N4O.C9H13N.C7H6BrNO2.C2H6O.CH5N.CO2/c1-3-28-21(27)14-8-10-15(11-9-14)24-13(2)18(12-22-24)23-19(25)16-6-4-5-7-17(16)20(23)26;1-13-15(10-16-11-22-9-8-18(16)20(26)27-3)12-23-24(13)17-6-4-14(5-7-17)19(25)21-2;1-12-14(9-15-10-21-8-7-17(15)19(25)26)11-22-23(12)16-5-3-13(4-6-16)18(24)20-2;1-9(17)12(8-15(2)3)16-13(18)10-6-4-5-7-11(10)14(16)19;1-8-11(13)7-15-16(8)10-5-3-9(4-6-10)12(17)14-2;1-2-8-3-5-9(7-10)6-4-8;1-11-7(10)5-2-3-9-4-6(5)8;1-2-3;1-2;2-1-3/h4-12H,3H2,1-2H3;4-9,11-12H,10H2,1-3H3,(H,21,25);3-8,10-11H,9H2,1-2H3,(H,20,24)(H,25,26);4-8H,1-3H3;3-7H,13H2,1-2H3,(H,14,17);3-6H,2,7,10H2,1H3;2-4H,1H3;3H,2H2,1H3;2H2,1H3;/b;;;12-8+;;;;;;. The van der Waals surface area contributed by atoms with Gasteiger partial charge in [0.2, 0.25) is 0 Å². The van der Waals surface area contributed by atoms with Crippen molar-refractivity contribution in [2.45, 2.75) is 81.2 Å². The summed E-state index contributed by atoms with van der Waals surface area (Å²) in [5.41, 5.74) is 34.2. The number of allylic oxidation sites excluding steroid dienone is 1. The number of carboxylic acid groups (broad SMARTS) is 1. The number of fused-ring (bicyclic) bond motifs is 2. The van der Waals surface area contributed by atoms with Crippen LogP contribution in [0, 0.1) is 27.7 Å². The van der Waals surface area contributed by atoms with Gasteiger partial charge >= 0.3 is 30.0 Å². The molecule has 0 unspecified atom stereocenters. The summed E-state index contributed by atoms with van der Waals surface area (Å²) in [6.45, 7) is 15.7. The van der Waals surface area contributed by atoms with Crippen LogP contribution < -0.4 is 38.1 Å². The molecule has 0 aliphatic carbocycles. The second kappa shape index (κ2) is 57.2. The fourth-order valence-corrected chi connectivity index (χ4v) is 14.4. The topological polar surface area (TPSA) is 541 Å². The van der Waals surface area contributed by atoms with Gasteiger partial charge in [-0.2, -0.15) is 30.0 Å². The molecule has 0 atom stereocenters. The van der Waals surface area contributed by atoms with Gasteiger partial charge in [-0.15, -0.1) is 0 Å². The lowest BCUT2D eigenvalue weighted by atomic mass is 10.0. The molecule has 9 heterocycles. The number of nitrogens with two attached hydrogens (primary N) is 3. The lowest BCUT2D eigenvalue weighted by Gasteiger charge is -2.17. The largest absolute Gasteiger partial charge is 0.478 e. The van der Waals surface area contributed by atoms with E-state index in [4.69, 9.17) is 35.6 Å². The molecule has 0 fully saturated rings. The van der Waals surface area contributed by atoms with Gasteiger partial charge in [0.05, 0.1) is 140 Å². The van der Waals surface area contributed by atoms with Gasteiger partial charge in [-0.3, -0.25) is 53.3 Å². The van der Waals surface area contributed by atoms with Crippen molar-refractivity contribution in [1.82, 2.24) is 79.8 Å². The Kier molecular flexibility index (Phi) is 45.1. The predicted octanol–water partition coefficient (Wildman–Crippen LogP) is 12.4. The number of carboxylic acids is 1. The number of carbonyl (C=O) groups excluding carboxylic acids is 13. The van der Waals surface area contributed by atoms with Crippen molar-refractivity contribution in [2.24, 2.45) is 11.5 Å². The number of nitrogens with one attached hydrogen (secondary N) is 3. The number of hydrogen-bond acceptors (Lipinski definition) is 29. The molecule has 146 heavy (non-hydrogen) atoms. The average molecular weight is 2050 g/mol. The molecule has 0 spiro atoms. The zero-order chi connectivity index (χ0) is 108. The molecule has 40 heteroatoms. The van der Waals surface area contributed by atoms with Gasteiger partial charge in [-0.1, -0.05) is 55.5 Å². The smallest absolute Gasteiger partial charge is 0.373 e. The molecular formula is C106H113BrN20O19. The Morgan fingerprint density at radius 1 is 0.459 bits per heavy atom. The highest BCUT2D eigenvalue weighted by molar-refractivity contribution is 9.10. The van der Waals surface area contributed by atoms with Gasteiger partial charge in [0.15, 0.2) is 5.78 Å². The van der Waals surface area contributed by atoms with Gasteiger partial charge in [0.25, 0.3) is 41.4 Å². The number of aliphatic hydroxyl groups excluding tert-OH is 1. The molecule has 11 N–H and O–H groups in total. The van der Waals surface area contributed by atoms with E-state index in [1.807, 2.05) is 57.2 Å². The van der Waals surface area contributed by atoms with E-state index in [0.717, 1.165) is 67.1 Å². The number of aliphatic hydroxyl groups is 1. The Bertz CT molecular complexity index is 6880. The Labute approximate surface area is 850 Å². The quantitative estimate of drug-likeness (QED) is 0.0135. The van der Waals surface area contributed by atoms with Crippen LogP contribution in [0.4, 0.5) is 11.4 Å². The molecule has 16 rings (SSSR count). The lowest BCUT2D eigenvalue weighted by molar-refractivity contribution is -0.191. The third-order valence-electron chi connectivity index (χ3n) is 21.5. The lowest BCUT2D eigenvalue weighted by Crippen LogP contribution is -2.33. The summed E-state index contributed by atoms with van der Waals surface area (Å²) in [5.74, 6) is -4.46. The van der Waals surface area contributed by atoms with E-state index in [-0.39, 0.29) is 71.3 Å². The fourth-order valence-electron chi connectivity index (χ4n) is 14.0. The number of carbonyl (C=O) groups is 12. The highest BCUT2D eigenvalue weighted by atomic mass is 79.9. The van der Waals surface area contributed by atoms with Crippen LogP contribution in [-0.2, 0) is 54.4 Å². The number of Topliss-reactive ketones (excluding diaryl/α,β-unsaturated/α-hetero) is 1. The van der Waals surface area contributed by atoms with Crippen molar-refractivity contribution in [3.8, 4) is 22.7 Å². The number of aromatic carboxylic acids is 1. The van der Waals surface area contributed by atoms with E-state index < -0.39 is 23.8 Å². The molecule has 7 amide bonds. The number of hydrogen-bond donors (Lipinski definition) is 8. The number of nitrogen functional groups attached to an aromatic ring is 1. The highest BCUT2D eigenvalue weighted by Crippen LogP contribution is 2.33. The Balaban J connectivity index is 0.000000233. The van der Waals surface area contributed by atoms with Crippen LogP contribution in [0.2, 0.25) is 0 Å². The van der Waals surface area contributed by atoms with Crippen LogP contribution in [0.3, 0.4) is 0 Å². The van der Waals surface area contributed by atoms with Crippen LogP contribution in [0.5, 0.6) is 0 Å². The van der Waals surface area contributed by atoms with E-state index in [1.54, 1.807) is 244 Å². The van der Waals surface area contributed by atoms with Crippen LogP contribution in [0.1, 0.15) is 198 Å². The number of rotatable bonds is 22. The molecule has 2 aliphatic heterocycles. The van der Waals surface area contributed by atoms with Crippen LogP contribution in [-0.4, -0.2) is 221 Å². The number of ether oxygens (including phenoxy) is 3. The summed E-state index contributed by atoms with van der Waals surface area (Å²) in [7, 11) is 12.4. The van der Waals surface area contributed by atoms with Crippen molar-refractivity contribution in [3.63, 3.8) is 0 Å². The Hall–Kier alpha value is -17.9. The van der Waals surface area contributed by atoms with Crippen molar-refractivity contribution in [2.75, 3.05) is 80.4 Å². The summed E-state index contributed by atoms with van der Waals surface area (Å²) in [6.07, 6.45) is 19.7. The minimum absolute atomic E-state index is 0.0798.